The highest BCUT2D eigenvalue weighted by molar-refractivity contribution is 5.85. The number of hydrogen-bond donors (Lipinski definition) is 1. The van der Waals surface area contributed by atoms with Crippen molar-refractivity contribution in [1.29, 1.82) is 5.26 Å². The number of carbonyl (C=O) groups excluding carboxylic acids is 1. The van der Waals surface area contributed by atoms with Gasteiger partial charge in [-0.05, 0) is 37.5 Å². The molecule has 1 N–H and O–H groups in total. The molecular formula is C17H21FN2O. The molecule has 1 saturated carbocycles. The van der Waals surface area contributed by atoms with Crippen LogP contribution < -0.4 is 5.32 Å². The van der Waals surface area contributed by atoms with E-state index < -0.39 is 5.41 Å². The molecule has 0 aromatic heterocycles. The van der Waals surface area contributed by atoms with Crippen LogP contribution in [-0.4, -0.2) is 5.91 Å². The maximum atomic E-state index is 12.9. The molecule has 1 aromatic carbocycles. The molecule has 4 heteroatoms. The molecule has 1 aliphatic carbocycles. The summed E-state index contributed by atoms with van der Waals surface area (Å²) in [5, 5.41) is 12.4. The summed E-state index contributed by atoms with van der Waals surface area (Å²) in [5.41, 5.74) is -0.0587. The lowest BCUT2D eigenvalue weighted by Crippen LogP contribution is -2.41. The van der Waals surface area contributed by atoms with Crippen molar-refractivity contribution in [2.45, 2.75) is 51.5 Å². The Bertz CT molecular complexity index is 525. The predicted molar refractivity (Wildman–Crippen MR) is 78.7 cm³/mol. The van der Waals surface area contributed by atoms with Crippen LogP contribution in [0.1, 0.15) is 57.1 Å². The summed E-state index contributed by atoms with van der Waals surface area (Å²) in [6, 6.07) is 8.10. The lowest BCUT2D eigenvalue weighted by Gasteiger charge is -2.26. The number of hydrogen-bond acceptors (Lipinski definition) is 2. The van der Waals surface area contributed by atoms with Gasteiger partial charge in [-0.3, -0.25) is 4.79 Å². The number of nitrogens with zero attached hydrogens (tertiary/aromatic N) is 1. The van der Waals surface area contributed by atoms with E-state index in [-0.39, 0.29) is 17.8 Å². The summed E-state index contributed by atoms with van der Waals surface area (Å²) < 4.78 is 12.9. The maximum Gasteiger partial charge on any atom is 0.240 e. The second kappa shape index (κ2) is 6.71. The molecule has 0 saturated heterocycles. The molecule has 3 nitrogen and oxygen atoms in total. The van der Waals surface area contributed by atoms with Crippen LogP contribution in [0.25, 0.3) is 0 Å². The van der Waals surface area contributed by atoms with Gasteiger partial charge in [0.15, 0.2) is 0 Å². The number of carbonyl (C=O) groups is 1. The third-order valence-electron chi connectivity index (χ3n) is 4.32. The van der Waals surface area contributed by atoms with E-state index in [2.05, 4.69) is 11.4 Å². The van der Waals surface area contributed by atoms with Gasteiger partial charge in [0.25, 0.3) is 0 Å². The largest absolute Gasteiger partial charge is 0.348 e. The van der Waals surface area contributed by atoms with Crippen molar-refractivity contribution in [3.8, 4) is 6.07 Å². The van der Waals surface area contributed by atoms with Crippen LogP contribution in [0.3, 0.4) is 0 Å². The van der Waals surface area contributed by atoms with Crippen molar-refractivity contribution in [3.05, 3.63) is 35.6 Å². The van der Waals surface area contributed by atoms with Crippen LogP contribution in [0.4, 0.5) is 4.39 Å². The quantitative estimate of drug-likeness (QED) is 0.858. The highest BCUT2D eigenvalue weighted by atomic mass is 19.1. The third-order valence-corrected chi connectivity index (χ3v) is 4.32. The monoisotopic (exact) mass is 288 g/mol. The standard InChI is InChI=1S/C17H21FN2O/c1-13(14-6-8-15(18)9-7-14)20-16(21)17(12-19)10-4-2-3-5-11-17/h6-9,13H,2-5,10-11H2,1H3,(H,20,21). The average Bonchev–Trinajstić information content (AvgIpc) is 2.74. The van der Waals surface area contributed by atoms with E-state index in [1.54, 1.807) is 12.1 Å². The van der Waals surface area contributed by atoms with E-state index in [1.807, 2.05) is 6.92 Å². The Morgan fingerprint density at radius 3 is 2.33 bits per heavy atom. The Morgan fingerprint density at radius 1 is 1.24 bits per heavy atom. The van der Waals surface area contributed by atoms with Crippen LogP contribution in [-0.2, 0) is 4.79 Å². The van der Waals surface area contributed by atoms with Gasteiger partial charge in [-0.15, -0.1) is 0 Å². The average molecular weight is 288 g/mol. The Morgan fingerprint density at radius 2 is 1.81 bits per heavy atom. The Labute approximate surface area is 125 Å². The molecular weight excluding hydrogens is 267 g/mol. The normalized spacial score (nSPS) is 19.1. The van der Waals surface area contributed by atoms with Crippen molar-refractivity contribution < 1.29 is 9.18 Å². The van der Waals surface area contributed by atoms with Gasteiger partial charge < -0.3 is 5.32 Å². The minimum atomic E-state index is -0.898. The fourth-order valence-electron chi connectivity index (χ4n) is 2.89. The molecule has 0 radical (unpaired) electrons. The van der Waals surface area contributed by atoms with Gasteiger partial charge in [0, 0.05) is 0 Å². The fraction of sp³-hybridized carbons (Fsp3) is 0.529. The summed E-state index contributed by atoms with van der Waals surface area (Å²) in [6.07, 6.45) is 5.28. The highest BCUT2D eigenvalue weighted by Crippen LogP contribution is 2.35. The van der Waals surface area contributed by atoms with Crippen LogP contribution in [0, 0.1) is 22.6 Å². The molecule has 1 amide bonds. The van der Waals surface area contributed by atoms with Gasteiger partial charge >= 0.3 is 0 Å². The Kier molecular flexibility index (Phi) is 4.95. The molecule has 0 spiro atoms. The van der Waals surface area contributed by atoms with Gasteiger partial charge in [0.05, 0.1) is 12.1 Å². The molecule has 112 valence electrons. The van der Waals surface area contributed by atoms with Crippen LogP contribution >= 0.6 is 0 Å². The second-order valence-electron chi connectivity index (χ2n) is 5.85. The number of halogens is 1. The summed E-state index contributed by atoms with van der Waals surface area (Å²) >= 11 is 0. The van der Waals surface area contributed by atoms with Crippen LogP contribution in [0.2, 0.25) is 0 Å². The van der Waals surface area contributed by atoms with Crippen molar-refractivity contribution in [2.24, 2.45) is 5.41 Å². The van der Waals surface area contributed by atoms with E-state index in [4.69, 9.17) is 0 Å². The Balaban J connectivity index is 2.08. The first-order chi connectivity index (χ1) is 10.1. The van der Waals surface area contributed by atoms with Gasteiger partial charge in [-0.2, -0.15) is 5.26 Å². The first-order valence-electron chi connectivity index (χ1n) is 7.55. The molecule has 0 heterocycles. The minimum Gasteiger partial charge on any atom is -0.348 e. The lowest BCUT2D eigenvalue weighted by atomic mass is 9.80. The topological polar surface area (TPSA) is 52.9 Å². The molecule has 1 fully saturated rings. The highest BCUT2D eigenvalue weighted by Gasteiger charge is 2.39. The number of nitrogens with one attached hydrogen (secondary N) is 1. The van der Waals surface area contributed by atoms with Gasteiger partial charge in [0.2, 0.25) is 5.91 Å². The second-order valence-corrected chi connectivity index (χ2v) is 5.85. The number of amides is 1. The first-order valence-corrected chi connectivity index (χ1v) is 7.55. The first kappa shape index (κ1) is 15.5. The predicted octanol–water partition coefficient (Wildman–Crippen LogP) is 3.87. The van der Waals surface area contributed by atoms with E-state index in [0.717, 1.165) is 31.2 Å². The molecule has 21 heavy (non-hydrogen) atoms. The minimum absolute atomic E-state index is 0.191. The molecule has 0 aliphatic heterocycles. The van der Waals surface area contributed by atoms with Crippen molar-refractivity contribution in [3.63, 3.8) is 0 Å². The van der Waals surface area contributed by atoms with Gasteiger partial charge in [0.1, 0.15) is 11.2 Å². The lowest BCUT2D eigenvalue weighted by molar-refractivity contribution is -0.129. The third kappa shape index (κ3) is 3.60. The summed E-state index contributed by atoms with van der Waals surface area (Å²) in [5.74, 6) is -0.488. The zero-order valence-electron chi connectivity index (χ0n) is 12.4. The molecule has 0 bridgehead atoms. The molecule has 1 aliphatic rings. The molecule has 2 rings (SSSR count). The van der Waals surface area contributed by atoms with Crippen LogP contribution in [0.5, 0.6) is 0 Å². The summed E-state index contributed by atoms with van der Waals surface area (Å²) in [7, 11) is 0. The van der Waals surface area contributed by atoms with E-state index >= 15 is 0 Å². The van der Waals surface area contributed by atoms with E-state index in [1.165, 1.54) is 12.1 Å². The van der Waals surface area contributed by atoms with Crippen molar-refractivity contribution in [2.75, 3.05) is 0 Å². The van der Waals surface area contributed by atoms with Crippen molar-refractivity contribution >= 4 is 5.91 Å². The molecule has 1 unspecified atom stereocenters. The summed E-state index contributed by atoms with van der Waals surface area (Å²) in [4.78, 5) is 12.5. The molecule has 1 aromatic rings. The smallest absolute Gasteiger partial charge is 0.240 e. The number of benzene rings is 1. The fourth-order valence-corrected chi connectivity index (χ4v) is 2.89. The zero-order chi connectivity index (χ0) is 15.3. The van der Waals surface area contributed by atoms with Crippen molar-refractivity contribution in [1.82, 2.24) is 5.32 Å². The summed E-state index contributed by atoms with van der Waals surface area (Å²) in [6.45, 7) is 1.85. The zero-order valence-corrected chi connectivity index (χ0v) is 12.4. The SMILES string of the molecule is CC(NC(=O)C1(C#N)CCCCCC1)c1ccc(F)cc1. The molecule has 1 atom stereocenters. The maximum absolute atomic E-state index is 12.9. The van der Waals surface area contributed by atoms with Gasteiger partial charge in [-0.1, -0.05) is 37.8 Å². The number of rotatable bonds is 3. The van der Waals surface area contributed by atoms with E-state index in [0.29, 0.717) is 12.8 Å². The van der Waals surface area contributed by atoms with Crippen LogP contribution in [0.15, 0.2) is 24.3 Å². The van der Waals surface area contributed by atoms with E-state index in [9.17, 15) is 14.4 Å². The van der Waals surface area contributed by atoms with Gasteiger partial charge in [-0.25, -0.2) is 4.39 Å². The Hall–Kier alpha value is -1.89. The number of nitriles is 1.